The number of aryl methyl sites for hydroxylation is 1. The first kappa shape index (κ1) is 17.5. The molecule has 128 valence electrons. The predicted octanol–water partition coefficient (Wildman–Crippen LogP) is 1.64. The maximum absolute atomic E-state index is 12.4. The fourth-order valence-electron chi connectivity index (χ4n) is 2.18. The van der Waals surface area contributed by atoms with Crippen LogP contribution in [0.15, 0.2) is 28.1 Å². The van der Waals surface area contributed by atoms with Gasteiger partial charge >= 0.3 is 0 Å². The van der Waals surface area contributed by atoms with Crippen molar-refractivity contribution < 1.29 is 13.2 Å². The molecule has 0 aliphatic heterocycles. The topological polar surface area (TPSA) is 94.3 Å². The van der Waals surface area contributed by atoms with Gasteiger partial charge in [0.05, 0.1) is 27.4 Å². The molecule has 25 heavy (non-hydrogen) atoms. The quantitative estimate of drug-likeness (QED) is 0.632. The summed E-state index contributed by atoms with van der Waals surface area (Å²) in [5.74, 6) is 2.07. The van der Waals surface area contributed by atoms with E-state index in [-0.39, 0.29) is 11.4 Å². The third-order valence-corrected chi connectivity index (χ3v) is 6.34. The number of nitrogens with zero attached hydrogens (tertiary/aromatic N) is 4. The van der Waals surface area contributed by atoms with Gasteiger partial charge in [0.1, 0.15) is 4.88 Å². The van der Waals surface area contributed by atoms with Gasteiger partial charge in [-0.25, -0.2) is 8.42 Å². The monoisotopic (exact) mass is 392 g/mol. The van der Waals surface area contributed by atoms with Crippen molar-refractivity contribution in [3.63, 3.8) is 0 Å². The Balaban J connectivity index is 2.22. The van der Waals surface area contributed by atoms with Crippen LogP contribution in [0.1, 0.15) is 15.4 Å². The molecule has 0 saturated heterocycles. The molecule has 0 bridgehead atoms. The van der Waals surface area contributed by atoms with E-state index in [1.807, 2.05) is 0 Å². The summed E-state index contributed by atoms with van der Waals surface area (Å²) in [6.07, 6.45) is 6.57. The molecule has 0 aliphatic carbocycles. The molecule has 1 aromatic carbocycles. The summed E-state index contributed by atoms with van der Waals surface area (Å²) in [5.41, 5.74) is 1.24. The van der Waals surface area contributed by atoms with Crippen molar-refractivity contribution in [2.75, 3.05) is 6.26 Å². The Kier molecular flexibility index (Phi) is 4.55. The van der Waals surface area contributed by atoms with Crippen LogP contribution in [0.3, 0.4) is 0 Å². The molecular weight excluding hydrogens is 380 g/mol. The van der Waals surface area contributed by atoms with E-state index in [1.165, 1.54) is 17.4 Å². The highest BCUT2D eigenvalue weighted by Gasteiger charge is 2.15. The number of thiazole rings is 1. The van der Waals surface area contributed by atoms with E-state index in [0.29, 0.717) is 20.1 Å². The van der Waals surface area contributed by atoms with Gasteiger partial charge in [0, 0.05) is 6.26 Å². The van der Waals surface area contributed by atoms with Gasteiger partial charge in [-0.1, -0.05) is 21.7 Å². The van der Waals surface area contributed by atoms with Gasteiger partial charge in [-0.05, 0) is 36.7 Å². The largest absolute Gasteiger partial charge is 0.305 e. The van der Waals surface area contributed by atoms with Gasteiger partial charge in [0.2, 0.25) is 0 Å². The minimum atomic E-state index is -3.33. The fraction of sp³-hybridized carbons (Fsp3) is 0.200. The number of benzene rings is 1. The first-order valence-corrected chi connectivity index (χ1v) is 10.4. The number of hydrogen-bond donors (Lipinski definition) is 0. The summed E-state index contributed by atoms with van der Waals surface area (Å²) in [5, 5.41) is 3.80. The van der Waals surface area contributed by atoms with Crippen LogP contribution in [-0.2, 0) is 16.4 Å². The number of amides is 1. The van der Waals surface area contributed by atoms with Crippen LogP contribution >= 0.6 is 22.9 Å². The van der Waals surface area contributed by atoms with E-state index >= 15 is 0 Å². The van der Waals surface area contributed by atoms with Crippen LogP contribution in [0.2, 0.25) is 0 Å². The van der Waals surface area contributed by atoms with E-state index in [2.05, 4.69) is 20.5 Å². The van der Waals surface area contributed by atoms with Crippen LogP contribution in [0.25, 0.3) is 10.2 Å². The molecule has 0 spiro atoms. The highest BCUT2D eigenvalue weighted by Crippen LogP contribution is 2.22. The standard InChI is InChI=1S/C15H12N4O3S3/c1-4-7-19-11-6-5-10(25(3,21)22)8-12(11)23-15(19)16-14(20)13-9(2)17-18-24-13/h1,5-6,8H,7H2,2-3H3. The van der Waals surface area contributed by atoms with Crippen molar-refractivity contribution in [1.29, 1.82) is 0 Å². The Morgan fingerprint density at radius 3 is 2.80 bits per heavy atom. The average molecular weight is 392 g/mol. The molecule has 10 heteroatoms. The molecule has 0 unspecified atom stereocenters. The van der Waals surface area contributed by atoms with Gasteiger partial charge in [0.15, 0.2) is 14.6 Å². The molecule has 0 saturated carbocycles. The number of carbonyl (C=O) groups excluding carboxylic acids is 1. The second kappa shape index (κ2) is 6.51. The molecule has 7 nitrogen and oxygen atoms in total. The van der Waals surface area contributed by atoms with Crippen molar-refractivity contribution >= 4 is 48.8 Å². The number of sulfone groups is 1. The van der Waals surface area contributed by atoms with Crippen molar-refractivity contribution in [3.05, 3.63) is 33.6 Å². The molecule has 2 heterocycles. The highest BCUT2D eigenvalue weighted by molar-refractivity contribution is 7.90. The number of carbonyl (C=O) groups is 1. The van der Waals surface area contributed by atoms with Crippen LogP contribution in [0.4, 0.5) is 0 Å². The first-order valence-electron chi connectivity index (χ1n) is 6.96. The second-order valence-corrected chi connectivity index (χ2v) is 8.96. The average Bonchev–Trinajstić information content (AvgIpc) is 3.10. The number of terminal acetylenes is 1. The summed E-state index contributed by atoms with van der Waals surface area (Å²) in [4.78, 5) is 17.5. The van der Waals surface area contributed by atoms with E-state index in [1.54, 1.807) is 23.6 Å². The van der Waals surface area contributed by atoms with Crippen molar-refractivity contribution in [2.45, 2.75) is 18.4 Å². The second-order valence-electron chi connectivity index (χ2n) is 5.18. The predicted molar refractivity (Wildman–Crippen MR) is 96.3 cm³/mol. The van der Waals surface area contributed by atoms with Crippen LogP contribution < -0.4 is 4.80 Å². The minimum absolute atomic E-state index is 0.203. The molecule has 0 radical (unpaired) electrons. The lowest BCUT2D eigenvalue weighted by Gasteiger charge is -2.01. The van der Waals surface area contributed by atoms with Gasteiger partial charge < -0.3 is 4.57 Å². The van der Waals surface area contributed by atoms with E-state index in [4.69, 9.17) is 6.42 Å². The summed E-state index contributed by atoms with van der Waals surface area (Å²) in [6.45, 7) is 1.90. The van der Waals surface area contributed by atoms with Crippen LogP contribution in [-0.4, -0.2) is 34.7 Å². The Morgan fingerprint density at radius 2 is 2.20 bits per heavy atom. The smallest absolute Gasteiger partial charge is 0.293 e. The zero-order chi connectivity index (χ0) is 18.2. The number of fused-ring (bicyclic) bond motifs is 1. The summed E-state index contributed by atoms with van der Waals surface area (Å²) < 4.78 is 29.6. The summed E-state index contributed by atoms with van der Waals surface area (Å²) in [6, 6.07) is 4.74. The normalized spacial score (nSPS) is 12.4. The molecule has 3 aromatic rings. The maximum Gasteiger partial charge on any atom is 0.293 e. The zero-order valence-corrected chi connectivity index (χ0v) is 15.7. The number of aromatic nitrogens is 3. The van der Waals surface area contributed by atoms with Gasteiger partial charge in [-0.2, -0.15) is 4.99 Å². The lowest BCUT2D eigenvalue weighted by atomic mass is 10.3. The molecule has 0 aliphatic rings. The molecular formula is C15H12N4O3S3. The lowest BCUT2D eigenvalue weighted by Crippen LogP contribution is -2.16. The molecule has 0 N–H and O–H groups in total. The van der Waals surface area contributed by atoms with Crippen LogP contribution in [0, 0.1) is 19.3 Å². The summed E-state index contributed by atoms with van der Waals surface area (Å²) in [7, 11) is -3.33. The Morgan fingerprint density at radius 1 is 1.44 bits per heavy atom. The zero-order valence-electron chi connectivity index (χ0n) is 13.3. The molecule has 1 amide bonds. The van der Waals surface area contributed by atoms with Gasteiger partial charge in [-0.15, -0.1) is 11.5 Å². The third kappa shape index (κ3) is 3.39. The Labute approximate surface area is 151 Å². The van der Waals surface area contributed by atoms with E-state index in [0.717, 1.165) is 23.3 Å². The number of hydrogen-bond acceptors (Lipinski definition) is 7. The van der Waals surface area contributed by atoms with Crippen molar-refractivity contribution in [3.8, 4) is 12.3 Å². The molecule has 2 aromatic heterocycles. The third-order valence-electron chi connectivity index (χ3n) is 3.37. The highest BCUT2D eigenvalue weighted by atomic mass is 32.2. The maximum atomic E-state index is 12.4. The van der Waals surface area contributed by atoms with E-state index in [9.17, 15) is 13.2 Å². The minimum Gasteiger partial charge on any atom is -0.305 e. The fourth-order valence-corrected chi connectivity index (χ4v) is 4.51. The van der Waals surface area contributed by atoms with Gasteiger partial charge in [-0.3, -0.25) is 4.79 Å². The van der Waals surface area contributed by atoms with Gasteiger partial charge in [0.25, 0.3) is 5.91 Å². The van der Waals surface area contributed by atoms with E-state index < -0.39 is 15.7 Å². The SMILES string of the molecule is C#CCn1c(=NC(=O)c2snnc2C)sc2cc(S(C)(=O)=O)ccc21. The summed E-state index contributed by atoms with van der Waals surface area (Å²) >= 11 is 2.19. The Hall–Kier alpha value is -2.35. The van der Waals surface area contributed by atoms with Crippen LogP contribution in [0.5, 0.6) is 0 Å². The lowest BCUT2D eigenvalue weighted by molar-refractivity contribution is 0.100. The number of rotatable bonds is 3. The van der Waals surface area contributed by atoms with Crippen molar-refractivity contribution in [1.82, 2.24) is 14.2 Å². The molecule has 0 fully saturated rings. The van der Waals surface area contributed by atoms with Crippen molar-refractivity contribution in [2.24, 2.45) is 4.99 Å². The molecule has 0 atom stereocenters. The Bertz CT molecular complexity index is 1190. The first-order chi connectivity index (χ1) is 11.8. The molecule has 3 rings (SSSR count).